The maximum atomic E-state index is 5.40. The molecule has 2 unspecified atom stereocenters. The van der Waals surface area contributed by atoms with E-state index in [9.17, 15) is 0 Å². The van der Waals surface area contributed by atoms with Crippen LogP contribution in [-0.4, -0.2) is 13.7 Å². The molecule has 21 heavy (non-hydrogen) atoms. The Labute approximate surface area is 128 Å². The van der Waals surface area contributed by atoms with E-state index in [2.05, 4.69) is 67.7 Å². The van der Waals surface area contributed by atoms with Gasteiger partial charge in [0.15, 0.2) is 0 Å². The standard InChI is InChI=1S/C19H25NO/c1-4-18(17-12-10-15(2)11-13-17)20-19(14-21-3)16-8-6-5-7-9-16/h5-13,18-20H,4,14H2,1-3H3. The minimum Gasteiger partial charge on any atom is -0.383 e. The summed E-state index contributed by atoms with van der Waals surface area (Å²) in [5.74, 6) is 0. The predicted molar refractivity (Wildman–Crippen MR) is 88.4 cm³/mol. The lowest BCUT2D eigenvalue weighted by Gasteiger charge is -2.25. The summed E-state index contributed by atoms with van der Waals surface area (Å²) < 4.78 is 5.40. The van der Waals surface area contributed by atoms with E-state index in [1.807, 2.05) is 6.07 Å². The number of nitrogens with one attached hydrogen (secondary N) is 1. The zero-order chi connectivity index (χ0) is 15.1. The molecule has 0 fully saturated rings. The Kier molecular flexibility index (Phi) is 5.97. The van der Waals surface area contributed by atoms with Crippen LogP contribution in [0.15, 0.2) is 54.6 Å². The van der Waals surface area contributed by atoms with Gasteiger partial charge < -0.3 is 10.1 Å². The topological polar surface area (TPSA) is 21.3 Å². The number of ether oxygens (including phenoxy) is 1. The highest BCUT2D eigenvalue weighted by Gasteiger charge is 2.17. The number of benzene rings is 2. The third-order valence-corrected chi connectivity index (χ3v) is 3.83. The molecule has 1 N–H and O–H groups in total. The first-order chi connectivity index (χ1) is 10.2. The monoisotopic (exact) mass is 283 g/mol. The van der Waals surface area contributed by atoms with Crippen molar-refractivity contribution in [1.29, 1.82) is 0 Å². The van der Waals surface area contributed by atoms with Gasteiger partial charge in [-0.2, -0.15) is 0 Å². The average molecular weight is 283 g/mol. The van der Waals surface area contributed by atoms with E-state index >= 15 is 0 Å². The molecule has 0 bridgehead atoms. The lowest BCUT2D eigenvalue weighted by Crippen LogP contribution is -2.29. The third kappa shape index (κ3) is 4.42. The normalized spacial score (nSPS) is 13.9. The minimum atomic E-state index is 0.211. The number of methoxy groups -OCH3 is 1. The third-order valence-electron chi connectivity index (χ3n) is 3.83. The molecular weight excluding hydrogens is 258 g/mol. The Hall–Kier alpha value is -1.64. The first-order valence-corrected chi connectivity index (χ1v) is 7.61. The van der Waals surface area contributed by atoms with Crippen LogP contribution >= 0.6 is 0 Å². The molecular formula is C19H25NO. The van der Waals surface area contributed by atoms with Crippen LogP contribution < -0.4 is 5.32 Å². The highest BCUT2D eigenvalue weighted by atomic mass is 16.5. The van der Waals surface area contributed by atoms with Gasteiger partial charge in [0.2, 0.25) is 0 Å². The van der Waals surface area contributed by atoms with Crippen LogP contribution in [0.2, 0.25) is 0 Å². The maximum Gasteiger partial charge on any atom is 0.0657 e. The van der Waals surface area contributed by atoms with E-state index in [-0.39, 0.29) is 6.04 Å². The van der Waals surface area contributed by atoms with Crippen molar-refractivity contribution < 1.29 is 4.74 Å². The van der Waals surface area contributed by atoms with E-state index in [4.69, 9.17) is 4.74 Å². The van der Waals surface area contributed by atoms with Gasteiger partial charge >= 0.3 is 0 Å². The summed E-state index contributed by atoms with van der Waals surface area (Å²) in [7, 11) is 1.75. The summed E-state index contributed by atoms with van der Waals surface area (Å²) in [5.41, 5.74) is 3.90. The number of aryl methyl sites for hydroxylation is 1. The van der Waals surface area contributed by atoms with Gasteiger partial charge in [-0.3, -0.25) is 0 Å². The molecule has 2 atom stereocenters. The SMILES string of the molecule is CCC(NC(COC)c1ccccc1)c1ccc(C)cc1. The van der Waals surface area contributed by atoms with Crippen LogP contribution in [0, 0.1) is 6.92 Å². The molecule has 2 aromatic carbocycles. The molecule has 0 aliphatic carbocycles. The maximum absolute atomic E-state index is 5.40. The zero-order valence-corrected chi connectivity index (χ0v) is 13.2. The van der Waals surface area contributed by atoms with Gasteiger partial charge in [0.25, 0.3) is 0 Å². The number of rotatable bonds is 7. The summed E-state index contributed by atoms with van der Waals surface area (Å²) in [5, 5.41) is 3.73. The van der Waals surface area contributed by atoms with Crippen LogP contribution in [0.1, 0.15) is 42.1 Å². The van der Waals surface area contributed by atoms with Crippen molar-refractivity contribution in [3.63, 3.8) is 0 Å². The van der Waals surface area contributed by atoms with Gasteiger partial charge in [-0.25, -0.2) is 0 Å². The van der Waals surface area contributed by atoms with Gasteiger partial charge in [0, 0.05) is 13.2 Å². The van der Waals surface area contributed by atoms with Crippen molar-refractivity contribution in [3.05, 3.63) is 71.3 Å². The first-order valence-electron chi connectivity index (χ1n) is 7.61. The zero-order valence-electron chi connectivity index (χ0n) is 13.2. The van der Waals surface area contributed by atoms with Crippen molar-refractivity contribution >= 4 is 0 Å². The molecule has 0 aromatic heterocycles. The van der Waals surface area contributed by atoms with Crippen molar-refractivity contribution in [2.24, 2.45) is 0 Å². The van der Waals surface area contributed by atoms with Gasteiger partial charge in [-0.05, 0) is 24.5 Å². The Morgan fingerprint density at radius 3 is 2.10 bits per heavy atom. The minimum absolute atomic E-state index is 0.211. The average Bonchev–Trinajstić information content (AvgIpc) is 2.53. The van der Waals surface area contributed by atoms with Crippen molar-refractivity contribution in [2.45, 2.75) is 32.4 Å². The molecule has 0 saturated carbocycles. The van der Waals surface area contributed by atoms with Crippen molar-refractivity contribution in [2.75, 3.05) is 13.7 Å². The fraction of sp³-hybridized carbons (Fsp3) is 0.368. The smallest absolute Gasteiger partial charge is 0.0657 e. The van der Waals surface area contributed by atoms with Crippen LogP contribution in [0.25, 0.3) is 0 Å². The van der Waals surface area contributed by atoms with Crippen LogP contribution in [0.4, 0.5) is 0 Å². The highest BCUT2D eigenvalue weighted by Crippen LogP contribution is 2.23. The van der Waals surface area contributed by atoms with E-state index in [0.29, 0.717) is 12.6 Å². The van der Waals surface area contributed by atoms with Crippen LogP contribution in [0.3, 0.4) is 0 Å². The summed E-state index contributed by atoms with van der Waals surface area (Å²) >= 11 is 0. The summed E-state index contributed by atoms with van der Waals surface area (Å²) in [6.45, 7) is 5.01. The largest absolute Gasteiger partial charge is 0.383 e. The molecule has 0 heterocycles. The molecule has 2 heteroatoms. The lowest BCUT2D eigenvalue weighted by atomic mass is 10.00. The fourth-order valence-corrected chi connectivity index (χ4v) is 2.58. The van der Waals surface area contributed by atoms with Crippen molar-refractivity contribution in [1.82, 2.24) is 5.32 Å². The van der Waals surface area contributed by atoms with Crippen LogP contribution in [-0.2, 0) is 4.74 Å². The number of hydrogen-bond acceptors (Lipinski definition) is 2. The van der Waals surface area contributed by atoms with Gasteiger partial charge in [0.05, 0.1) is 12.6 Å². The van der Waals surface area contributed by atoms with Crippen molar-refractivity contribution in [3.8, 4) is 0 Å². The van der Waals surface area contributed by atoms with E-state index in [1.165, 1.54) is 16.7 Å². The molecule has 2 nitrogen and oxygen atoms in total. The molecule has 2 rings (SSSR count). The second kappa shape index (κ2) is 7.96. The quantitative estimate of drug-likeness (QED) is 0.812. The molecule has 0 amide bonds. The molecule has 0 radical (unpaired) electrons. The van der Waals surface area contributed by atoms with Gasteiger partial charge in [-0.15, -0.1) is 0 Å². The number of hydrogen-bond donors (Lipinski definition) is 1. The van der Waals surface area contributed by atoms with Gasteiger partial charge in [-0.1, -0.05) is 67.1 Å². The molecule has 0 aliphatic rings. The summed E-state index contributed by atoms with van der Waals surface area (Å²) in [6, 6.07) is 19.8. The van der Waals surface area contributed by atoms with E-state index < -0.39 is 0 Å². The molecule has 0 saturated heterocycles. The fourth-order valence-electron chi connectivity index (χ4n) is 2.58. The van der Waals surface area contributed by atoms with E-state index in [0.717, 1.165) is 6.42 Å². The predicted octanol–water partition coefficient (Wildman–Crippen LogP) is 4.42. The molecule has 112 valence electrons. The van der Waals surface area contributed by atoms with E-state index in [1.54, 1.807) is 7.11 Å². The lowest BCUT2D eigenvalue weighted by molar-refractivity contribution is 0.160. The second-order valence-electron chi connectivity index (χ2n) is 5.46. The first kappa shape index (κ1) is 15.7. The molecule has 0 aliphatic heterocycles. The van der Waals surface area contributed by atoms with Crippen LogP contribution in [0.5, 0.6) is 0 Å². The molecule has 0 spiro atoms. The Bertz CT molecular complexity index is 521. The highest BCUT2D eigenvalue weighted by molar-refractivity contribution is 5.25. The Morgan fingerprint density at radius 2 is 1.52 bits per heavy atom. The van der Waals surface area contributed by atoms with Gasteiger partial charge in [0.1, 0.15) is 0 Å². The Morgan fingerprint density at radius 1 is 0.905 bits per heavy atom. The second-order valence-corrected chi connectivity index (χ2v) is 5.46. The Balaban J connectivity index is 2.15. The summed E-state index contributed by atoms with van der Waals surface area (Å²) in [6.07, 6.45) is 1.05. The molecule has 2 aromatic rings. The summed E-state index contributed by atoms with van der Waals surface area (Å²) in [4.78, 5) is 0.